The van der Waals surface area contributed by atoms with Gasteiger partial charge in [-0.1, -0.05) is 12.1 Å². The Bertz CT molecular complexity index is 996. The molecule has 4 rings (SSSR count). The fraction of sp³-hybridized carbons (Fsp3) is 0.158. The zero-order valence-corrected chi connectivity index (χ0v) is 13.5. The number of hydrogen-bond donors (Lipinski definition) is 1. The van der Waals surface area contributed by atoms with Crippen molar-refractivity contribution in [2.24, 2.45) is 0 Å². The van der Waals surface area contributed by atoms with E-state index in [1.54, 1.807) is 24.4 Å². The van der Waals surface area contributed by atoms with Crippen LogP contribution in [-0.2, 0) is 12.8 Å². The molecule has 0 radical (unpaired) electrons. The summed E-state index contributed by atoms with van der Waals surface area (Å²) in [5.41, 5.74) is 3.26. The number of hydrogen-bond acceptors (Lipinski definition) is 4. The highest BCUT2D eigenvalue weighted by Crippen LogP contribution is 2.23. The zero-order valence-electron chi connectivity index (χ0n) is 13.5. The molecule has 1 aliphatic carbocycles. The van der Waals surface area contributed by atoms with Crippen LogP contribution in [0.2, 0.25) is 0 Å². The third-order valence-corrected chi connectivity index (χ3v) is 4.33. The van der Waals surface area contributed by atoms with Gasteiger partial charge in [-0.05, 0) is 54.7 Å². The molecular weight excluding hydrogens is 316 g/mol. The highest BCUT2D eigenvalue weighted by Gasteiger charge is 2.15. The van der Waals surface area contributed by atoms with Crippen molar-refractivity contribution < 1.29 is 4.79 Å². The molecule has 6 heteroatoms. The Morgan fingerprint density at radius 3 is 2.76 bits per heavy atom. The van der Waals surface area contributed by atoms with Crippen molar-refractivity contribution in [1.82, 2.24) is 14.5 Å². The van der Waals surface area contributed by atoms with Crippen LogP contribution in [-0.4, -0.2) is 20.4 Å². The second kappa shape index (κ2) is 6.32. The van der Waals surface area contributed by atoms with Crippen LogP contribution in [0.15, 0.2) is 59.8 Å². The molecule has 3 aromatic rings. The number of nitrogens with one attached hydrogen (secondary N) is 1. The molecule has 0 unspecified atom stereocenters. The number of benzene rings is 1. The van der Waals surface area contributed by atoms with Gasteiger partial charge in [-0.25, -0.2) is 4.98 Å². The average Bonchev–Trinajstić information content (AvgIpc) is 3.12. The monoisotopic (exact) mass is 332 g/mol. The quantitative estimate of drug-likeness (QED) is 0.799. The molecule has 0 saturated heterocycles. The topological polar surface area (TPSA) is 76.9 Å². The molecule has 25 heavy (non-hydrogen) atoms. The Kier molecular flexibility index (Phi) is 3.85. The summed E-state index contributed by atoms with van der Waals surface area (Å²) >= 11 is 0. The Morgan fingerprint density at radius 1 is 1.04 bits per heavy atom. The SMILES string of the molecule is O=C(Nc1nccn(-c2ccc3c(c2)CCC3)c1=O)c1ccccn1. The van der Waals surface area contributed by atoms with E-state index in [4.69, 9.17) is 0 Å². The Morgan fingerprint density at radius 2 is 1.92 bits per heavy atom. The van der Waals surface area contributed by atoms with E-state index in [0.717, 1.165) is 24.9 Å². The largest absolute Gasteiger partial charge is 0.301 e. The molecule has 1 amide bonds. The van der Waals surface area contributed by atoms with Gasteiger partial charge in [-0.15, -0.1) is 0 Å². The number of nitrogens with zero attached hydrogens (tertiary/aromatic N) is 3. The van der Waals surface area contributed by atoms with Gasteiger partial charge in [0, 0.05) is 24.3 Å². The number of carbonyl (C=O) groups excluding carboxylic acids is 1. The van der Waals surface area contributed by atoms with Crippen molar-refractivity contribution >= 4 is 11.7 Å². The maximum atomic E-state index is 12.7. The van der Waals surface area contributed by atoms with Gasteiger partial charge in [-0.3, -0.25) is 19.1 Å². The molecule has 0 atom stereocenters. The average molecular weight is 332 g/mol. The predicted octanol–water partition coefficient (Wildman–Crippen LogP) is 2.37. The molecule has 0 fully saturated rings. The molecule has 124 valence electrons. The summed E-state index contributed by atoms with van der Waals surface area (Å²) in [5.74, 6) is -0.476. The van der Waals surface area contributed by atoms with Crippen LogP contribution in [0.4, 0.5) is 5.82 Å². The third-order valence-electron chi connectivity index (χ3n) is 4.33. The number of aryl methyl sites for hydroxylation is 2. The van der Waals surface area contributed by atoms with E-state index < -0.39 is 5.91 Å². The van der Waals surface area contributed by atoms with Gasteiger partial charge in [0.05, 0.1) is 0 Å². The minimum absolute atomic E-state index is 0.0151. The van der Waals surface area contributed by atoms with Crippen LogP contribution in [0.3, 0.4) is 0 Å². The number of fused-ring (bicyclic) bond motifs is 1. The van der Waals surface area contributed by atoms with Gasteiger partial charge >= 0.3 is 0 Å². The predicted molar refractivity (Wildman–Crippen MR) is 94.0 cm³/mol. The molecule has 0 aliphatic heterocycles. The normalized spacial score (nSPS) is 12.6. The lowest BCUT2D eigenvalue weighted by Crippen LogP contribution is -2.26. The summed E-state index contributed by atoms with van der Waals surface area (Å²) in [5, 5.41) is 2.54. The van der Waals surface area contributed by atoms with E-state index in [0.29, 0.717) is 0 Å². The van der Waals surface area contributed by atoms with Crippen LogP contribution < -0.4 is 10.9 Å². The van der Waals surface area contributed by atoms with Crippen LogP contribution in [0, 0.1) is 0 Å². The van der Waals surface area contributed by atoms with Crippen LogP contribution in [0.5, 0.6) is 0 Å². The smallest absolute Gasteiger partial charge is 0.298 e. The van der Waals surface area contributed by atoms with Crippen LogP contribution in [0.1, 0.15) is 28.0 Å². The van der Waals surface area contributed by atoms with E-state index in [-0.39, 0.29) is 17.1 Å². The first-order valence-electron chi connectivity index (χ1n) is 8.14. The number of carbonyl (C=O) groups is 1. The van der Waals surface area contributed by atoms with Crippen molar-refractivity contribution in [2.75, 3.05) is 5.32 Å². The van der Waals surface area contributed by atoms with Crippen molar-refractivity contribution in [3.8, 4) is 5.69 Å². The summed E-state index contributed by atoms with van der Waals surface area (Å²) in [7, 11) is 0. The molecule has 6 nitrogen and oxygen atoms in total. The van der Waals surface area contributed by atoms with Gasteiger partial charge in [-0.2, -0.15) is 0 Å². The number of pyridine rings is 1. The highest BCUT2D eigenvalue weighted by molar-refractivity contribution is 6.02. The molecular formula is C19H16N4O2. The second-order valence-electron chi connectivity index (χ2n) is 5.93. The summed E-state index contributed by atoms with van der Waals surface area (Å²) in [6.07, 6.45) is 7.90. The third kappa shape index (κ3) is 2.94. The first-order valence-corrected chi connectivity index (χ1v) is 8.14. The lowest BCUT2D eigenvalue weighted by Gasteiger charge is -2.10. The summed E-state index contributed by atoms with van der Waals surface area (Å²) in [6.45, 7) is 0. The lowest BCUT2D eigenvalue weighted by molar-refractivity contribution is 0.102. The lowest BCUT2D eigenvalue weighted by atomic mass is 10.1. The van der Waals surface area contributed by atoms with E-state index in [1.807, 2.05) is 12.1 Å². The second-order valence-corrected chi connectivity index (χ2v) is 5.93. The molecule has 0 saturated carbocycles. The van der Waals surface area contributed by atoms with Crippen molar-refractivity contribution in [2.45, 2.75) is 19.3 Å². The van der Waals surface area contributed by atoms with Crippen molar-refractivity contribution in [1.29, 1.82) is 0 Å². The number of anilines is 1. The van der Waals surface area contributed by atoms with Gasteiger partial charge < -0.3 is 5.32 Å². The van der Waals surface area contributed by atoms with E-state index >= 15 is 0 Å². The van der Waals surface area contributed by atoms with Crippen molar-refractivity contribution in [3.05, 3.63) is 82.2 Å². The standard InChI is InChI=1S/C19H16N4O2/c24-18(16-6-1-2-9-20-16)22-17-19(25)23(11-10-21-17)15-8-7-13-4-3-5-14(13)12-15/h1-2,6-12H,3-5H2,(H,21,22,24). The molecule has 0 spiro atoms. The van der Waals surface area contributed by atoms with Crippen LogP contribution >= 0.6 is 0 Å². The molecule has 1 N–H and O–H groups in total. The maximum absolute atomic E-state index is 12.7. The minimum atomic E-state index is -0.461. The Hall–Kier alpha value is -3.28. The minimum Gasteiger partial charge on any atom is -0.301 e. The molecule has 1 aliphatic rings. The Labute approximate surface area is 144 Å². The zero-order chi connectivity index (χ0) is 17.2. The molecule has 2 aromatic heterocycles. The molecule has 1 aromatic carbocycles. The first-order chi connectivity index (χ1) is 12.2. The van der Waals surface area contributed by atoms with Gasteiger partial charge in [0.2, 0.25) is 0 Å². The van der Waals surface area contributed by atoms with Crippen molar-refractivity contribution in [3.63, 3.8) is 0 Å². The fourth-order valence-electron chi connectivity index (χ4n) is 3.08. The Balaban J connectivity index is 1.67. The fourth-order valence-corrected chi connectivity index (χ4v) is 3.08. The van der Waals surface area contributed by atoms with E-state index in [9.17, 15) is 9.59 Å². The van der Waals surface area contributed by atoms with Gasteiger partial charge in [0.25, 0.3) is 11.5 Å². The summed E-state index contributed by atoms with van der Waals surface area (Å²) in [6, 6.07) is 11.0. The molecule has 2 heterocycles. The van der Waals surface area contributed by atoms with Gasteiger partial charge in [0.1, 0.15) is 5.69 Å². The first kappa shape index (κ1) is 15.3. The number of amides is 1. The van der Waals surface area contributed by atoms with E-state index in [2.05, 4.69) is 21.4 Å². The van der Waals surface area contributed by atoms with E-state index in [1.165, 1.54) is 28.1 Å². The summed E-state index contributed by atoms with van der Waals surface area (Å²) in [4.78, 5) is 32.9. The maximum Gasteiger partial charge on any atom is 0.298 e. The number of aromatic nitrogens is 3. The van der Waals surface area contributed by atoms with Gasteiger partial charge in [0.15, 0.2) is 5.82 Å². The highest BCUT2D eigenvalue weighted by atomic mass is 16.2. The van der Waals surface area contributed by atoms with Crippen LogP contribution in [0.25, 0.3) is 5.69 Å². The number of rotatable bonds is 3. The molecule has 0 bridgehead atoms. The summed E-state index contributed by atoms with van der Waals surface area (Å²) < 4.78 is 1.50.